The van der Waals surface area contributed by atoms with E-state index in [-0.39, 0.29) is 0 Å². The van der Waals surface area contributed by atoms with E-state index >= 15 is 0 Å². The zero-order chi connectivity index (χ0) is 40.8. The number of nitrogens with zero attached hydrogens (tertiary/aromatic N) is 1. The van der Waals surface area contributed by atoms with Crippen LogP contribution in [0.5, 0.6) is 0 Å². The molecule has 0 heterocycles. The van der Waals surface area contributed by atoms with E-state index in [1.54, 1.807) is 0 Å². The van der Waals surface area contributed by atoms with Crippen LogP contribution in [-0.2, 0) is 0 Å². The second-order valence-corrected chi connectivity index (χ2v) is 15.4. The average Bonchev–Trinajstić information content (AvgIpc) is 3.36. The topological polar surface area (TPSA) is 3.24 Å². The Morgan fingerprint density at radius 1 is 0.164 bits per heavy atom. The van der Waals surface area contributed by atoms with Gasteiger partial charge in [0.05, 0.1) is 0 Å². The van der Waals surface area contributed by atoms with Crippen molar-refractivity contribution in [3.63, 3.8) is 0 Å². The summed E-state index contributed by atoms with van der Waals surface area (Å²) in [5.41, 5.74) is 20.0. The molecule has 0 aliphatic rings. The number of rotatable bonds is 10. The molecule has 1 nitrogen and oxygen atoms in total. The van der Waals surface area contributed by atoms with Crippen molar-refractivity contribution in [1.82, 2.24) is 0 Å². The Morgan fingerprint density at radius 3 is 0.869 bits per heavy atom. The lowest BCUT2D eigenvalue weighted by atomic mass is 9.89. The molecule has 0 aliphatic heterocycles. The summed E-state index contributed by atoms with van der Waals surface area (Å²) < 4.78 is 0. The molecule has 0 N–H and O–H groups in total. The molecule has 0 radical (unpaired) electrons. The predicted molar refractivity (Wildman–Crippen MR) is 259 cm³/mol. The standard InChI is InChI=1S/C60H43N/c1-5-15-44(16-6-1)48-27-34-56(35-28-48)61(57-36-29-49(30-37-57)45-17-7-2-8-18-45)58-38-31-50(32-39-58)59-40-33-54(53-25-13-23-51(41-53)46-19-9-3-10-20-46)43-60(59)55-26-14-24-52(42-55)47-21-11-4-12-22-47/h1-43H. The molecule has 0 saturated heterocycles. The fraction of sp³-hybridized carbons (Fsp3) is 0. The number of hydrogen-bond acceptors (Lipinski definition) is 1. The lowest BCUT2D eigenvalue weighted by Crippen LogP contribution is -2.09. The lowest BCUT2D eigenvalue weighted by Gasteiger charge is -2.26. The van der Waals surface area contributed by atoms with Gasteiger partial charge in [-0.05, 0) is 132 Å². The highest BCUT2D eigenvalue weighted by Crippen LogP contribution is 2.41. The predicted octanol–water partition coefficient (Wildman–Crippen LogP) is 16.8. The summed E-state index contributed by atoms with van der Waals surface area (Å²) in [5, 5.41) is 0. The van der Waals surface area contributed by atoms with Gasteiger partial charge in [-0.25, -0.2) is 0 Å². The van der Waals surface area contributed by atoms with Crippen molar-refractivity contribution in [3.8, 4) is 77.9 Å². The SMILES string of the molecule is c1ccc(-c2ccc(N(c3ccc(-c4ccccc4)cc3)c3ccc(-c4ccc(-c5cccc(-c6ccccc6)c5)cc4-c4cccc(-c5ccccc5)c4)cc3)cc2)cc1. The van der Waals surface area contributed by atoms with Gasteiger partial charge >= 0.3 is 0 Å². The molecule has 10 aromatic rings. The van der Waals surface area contributed by atoms with Gasteiger partial charge in [-0.2, -0.15) is 0 Å². The van der Waals surface area contributed by atoms with Gasteiger partial charge in [0.1, 0.15) is 0 Å². The average molecular weight is 778 g/mol. The minimum absolute atomic E-state index is 1.09. The molecule has 61 heavy (non-hydrogen) atoms. The van der Waals surface area contributed by atoms with Crippen LogP contribution >= 0.6 is 0 Å². The quantitative estimate of drug-likeness (QED) is 0.134. The smallest absolute Gasteiger partial charge is 0.0462 e. The molecule has 0 bridgehead atoms. The van der Waals surface area contributed by atoms with Gasteiger partial charge < -0.3 is 4.90 Å². The number of hydrogen-bond donors (Lipinski definition) is 0. The van der Waals surface area contributed by atoms with Gasteiger partial charge in [0.25, 0.3) is 0 Å². The van der Waals surface area contributed by atoms with Crippen molar-refractivity contribution < 1.29 is 0 Å². The van der Waals surface area contributed by atoms with E-state index in [9.17, 15) is 0 Å². The maximum absolute atomic E-state index is 2.37. The molecule has 0 aliphatic carbocycles. The van der Waals surface area contributed by atoms with E-state index in [0.29, 0.717) is 0 Å². The maximum Gasteiger partial charge on any atom is 0.0462 e. The first kappa shape index (κ1) is 37.3. The fourth-order valence-electron chi connectivity index (χ4n) is 8.32. The third-order valence-electron chi connectivity index (χ3n) is 11.5. The highest BCUT2D eigenvalue weighted by Gasteiger charge is 2.16. The van der Waals surface area contributed by atoms with E-state index in [4.69, 9.17) is 0 Å². The van der Waals surface area contributed by atoms with E-state index in [1.807, 2.05) is 0 Å². The molecule has 10 aromatic carbocycles. The normalized spacial score (nSPS) is 11.0. The second kappa shape index (κ2) is 17.1. The van der Waals surface area contributed by atoms with Crippen molar-refractivity contribution in [2.24, 2.45) is 0 Å². The molecule has 288 valence electrons. The Hall–Kier alpha value is -8.00. The summed E-state index contributed by atoms with van der Waals surface area (Å²) >= 11 is 0. The van der Waals surface area contributed by atoms with Crippen LogP contribution < -0.4 is 4.90 Å². The largest absolute Gasteiger partial charge is 0.311 e. The second-order valence-electron chi connectivity index (χ2n) is 15.4. The molecular formula is C60H43N. The molecular weight excluding hydrogens is 735 g/mol. The van der Waals surface area contributed by atoms with Gasteiger partial charge in [0.15, 0.2) is 0 Å². The number of benzene rings is 10. The first-order valence-corrected chi connectivity index (χ1v) is 20.9. The Balaban J connectivity index is 1.06. The van der Waals surface area contributed by atoms with Gasteiger partial charge in [-0.1, -0.05) is 206 Å². The maximum atomic E-state index is 2.37. The van der Waals surface area contributed by atoms with Crippen LogP contribution in [-0.4, -0.2) is 0 Å². The Labute approximate surface area is 359 Å². The summed E-state index contributed by atoms with van der Waals surface area (Å²) in [6.07, 6.45) is 0. The highest BCUT2D eigenvalue weighted by molar-refractivity contribution is 5.90. The molecule has 0 amide bonds. The van der Waals surface area contributed by atoms with Gasteiger partial charge in [0, 0.05) is 17.1 Å². The van der Waals surface area contributed by atoms with Crippen LogP contribution in [0.4, 0.5) is 17.1 Å². The van der Waals surface area contributed by atoms with Crippen LogP contribution in [0.25, 0.3) is 77.9 Å². The Bertz CT molecular complexity index is 2930. The fourth-order valence-corrected chi connectivity index (χ4v) is 8.32. The van der Waals surface area contributed by atoms with Gasteiger partial charge in [-0.15, -0.1) is 0 Å². The molecule has 10 rings (SSSR count). The Morgan fingerprint density at radius 2 is 0.443 bits per heavy atom. The van der Waals surface area contributed by atoms with Crippen LogP contribution in [0, 0.1) is 0 Å². The summed E-state index contributed by atoms with van der Waals surface area (Å²) in [4.78, 5) is 2.35. The van der Waals surface area contributed by atoms with Crippen molar-refractivity contribution >= 4 is 17.1 Å². The molecule has 0 aromatic heterocycles. The zero-order valence-corrected chi connectivity index (χ0v) is 33.8. The molecule has 0 atom stereocenters. The van der Waals surface area contributed by atoms with Crippen molar-refractivity contribution in [2.45, 2.75) is 0 Å². The van der Waals surface area contributed by atoms with Crippen LogP contribution in [0.1, 0.15) is 0 Å². The van der Waals surface area contributed by atoms with Gasteiger partial charge in [0.2, 0.25) is 0 Å². The molecule has 0 unspecified atom stereocenters. The molecule has 0 saturated carbocycles. The molecule has 1 heteroatoms. The molecule has 0 fully saturated rings. The minimum Gasteiger partial charge on any atom is -0.311 e. The summed E-state index contributed by atoms with van der Waals surface area (Å²) in [5.74, 6) is 0. The van der Waals surface area contributed by atoms with E-state index in [1.165, 1.54) is 72.3 Å². The van der Waals surface area contributed by atoms with Crippen molar-refractivity contribution in [2.75, 3.05) is 4.90 Å². The Kier molecular flexibility index (Phi) is 10.4. The summed E-state index contributed by atoms with van der Waals surface area (Å²) in [6.45, 7) is 0. The lowest BCUT2D eigenvalue weighted by molar-refractivity contribution is 1.28. The van der Waals surface area contributed by atoms with Crippen LogP contribution in [0.3, 0.4) is 0 Å². The highest BCUT2D eigenvalue weighted by atomic mass is 15.1. The van der Waals surface area contributed by atoms with E-state index in [0.717, 1.165) is 22.6 Å². The monoisotopic (exact) mass is 777 g/mol. The number of anilines is 3. The first-order valence-electron chi connectivity index (χ1n) is 20.9. The van der Waals surface area contributed by atoms with Crippen molar-refractivity contribution in [3.05, 3.63) is 261 Å². The van der Waals surface area contributed by atoms with E-state index in [2.05, 4.69) is 266 Å². The summed E-state index contributed by atoms with van der Waals surface area (Å²) in [6, 6.07) is 94.0. The minimum atomic E-state index is 1.09. The summed E-state index contributed by atoms with van der Waals surface area (Å²) in [7, 11) is 0. The van der Waals surface area contributed by atoms with E-state index < -0.39 is 0 Å². The van der Waals surface area contributed by atoms with Crippen LogP contribution in [0.2, 0.25) is 0 Å². The zero-order valence-electron chi connectivity index (χ0n) is 33.8. The van der Waals surface area contributed by atoms with Crippen LogP contribution in [0.15, 0.2) is 261 Å². The molecule has 0 spiro atoms. The third kappa shape index (κ3) is 8.06. The first-order chi connectivity index (χ1) is 30.2. The van der Waals surface area contributed by atoms with Crippen molar-refractivity contribution in [1.29, 1.82) is 0 Å². The van der Waals surface area contributed by atoms with Gasteiger partial charge in [-0.3, -0.25) is 0 Å². The third-order valence-corrected chi connectivity index (χ3v) is 11.5.